The Morgan fingerprint density at radius 1 is 1.67 bits per heavy atom. The number of hydrogen-bond acceptors (Lipinski definition) is 2. The summed E-state index contributed by atoms with van der Waals surface area (Å²) in [6.45, 7) is 0. The number of rotatable bonds is 0. The Morgan fingerprint density at radius 2 is 2.42 bits per heavy atom. The Bertz CT molecular complexity index is 489. The van der Waals surface area contributed by atoms with Crippen LogP contribution in [0, 0.1) is 5.82 Å². The van der Waals surface area contributed by atoms with E-state index in [0.717, 1.165) is 10.5 Å². The Kier molecular flexibility index (Phi) is 1.41. The van der Waals surface area contributed by atoms with Crippen LogP contribution < -0.4 is 5.69 Å². The van der Waals surface area contributed by atoms with E-state index in [4.69, 9.17) is 11.6 Å². The molecule has 62 valence electrons. The van der Waals surface area contributed by atoms with Crippen molar-refractivity contribution in [1.82, 2.24) is 14.6 Å². The zero-order valence-corrected chi connectivity index (χ0v) is 6.47. The van der Waals surface area contributed by atoms with Crippen LogP contribution in [0.3, 0.4) is 0 Å². The molecule has 0 bridgehead atoms. The van der Waals surface area contributed by atoms with Gasteiger partial charge in [-0.15, -0.1) is 0 Å². The zero-order chi connectivity index (χ0) is 8.72. The molecule has 6 heteroatoms. The number of aromatic amines is 1. The molecule has 0 spiro atoms. The van der Waals surface area contributed by atoms with Gasteiger partial charge in [-0.3, -0.25) is 4.40 Å². The monoisotopic (exact) mass is 187 g/mol. The summed E-state index contributed by atoms with van der Waals surface area (Å²) in [4.78, 5) is 11.0. The lowest BCUT2D eigenvalue weighted by Crippen LogP contribution is -2.16. The van der Waals surface area contributed by atoms with Gasteiger partial charge in [0, 0.05) is 6.20 Å². The van der Waals surface area contributed by atoms with Crippen molar-refractivity contribution in [2.75, 3.05) is 0 Å². The van der Waals surface area contributed by atoms with Crippen molar-refractivity contribution in [3.63, 3.8) is 0 Å². The molecular formula is C6H3ClFN3O. The number of halogens is 2. The van der Waals surface area contributed by atoms with Gasteiger partial charge in [-0.2, -0.15) is 5.10 Å². The van der Waals surface area contributed by atoms with E-state index in [0.29, 0.717) is 0 Å². The van der Waals surface area contributed by atoms with Crippen molar-refractivity contribution < 1.29 is 4.39 Å². The number of aromatic nitrogens is 3. The number of nitrogens with zero attached hydrogens (tertiary/aromatic N) is 2. The molecule has 2 heterocycles. The molecule has 4 nitrogen and oxygen atoms in total. The van der Waals surface area contributed by atoms with Gasteiger partial charge in [-0.05, 0) is 6.07 Å². The van der Waals surface area contributed by atoms with Crippen LogP contribution in [-0.2, 0) is 0 Å². The summed E-state index contributed by atoms with van der Waals surface area (Å²) in [7, 11) is 0. The highest BCUT2D eigenvalue weighted by atomic mass is 35.5. The van der Waals surface area contributed by atoms with Crippen molar-refractivity contribution >= 4 is 17.1 Å². The minimum atomic E-state index is -0.557. The highest BCUT2D eigenvalue weighted by Gasteiger charge is 2.08. The molecular weight excluding hydrogens is 185 g/mol. The van der Waals surface area contributed by atoms with Crippen LogP contribution in [0.15, 0.2) is 17.1 Å². The van der Waals surface area contributed by atoms with Crippen molar-refractivity contribution in [3.05, 3.63) is 33.7 Å². The summed E-state index contributed by atoms with van der Waals surface area (Å²) in [5.41, 5.74) is -0.515. The zero-order valence-electron chi connectivity index (χ0n) is 5.71. The van der Waals surface area contributed by atoms with E-state index in [-0.39, 0.29) is 10.7 Å². The van der Waals surface area contributed by atoms with Gasteiger partial charge in [-0.25, -0.2) is 14.3 Å². The van der Waals surface area contributed by atoms with E-state index in [1.54, 1.807) is 0 Å². The predicted octanol–water partition coefficient (Wildman–Crippen LogP) is 0.815. The molecule has 0 saturated carbocycles. The van der Waals surface area contributed by atoms with E-state index in [1.165, 1.54) is 6.20 Å². The molecule has 2 rings (SSSR count). The van der Waals surface area contributed by atoms with E-state index in [9.17, 15) is 9.18 Å². The summed E-state index contributed by atoms with van der Waals surface area (Å²) < 4.78 is 13.9. The Morgan fingerprint density at radius 3 is 3.08 bits per heavy atom. The Hall–Kier alpha value is -1.36. The molecule has 0 atom stereocenters. The lowest BCUT2D eigenvalue weighted by molar-refractivity contribution is 0.638. The van der Waals surface area contributed by atoms with Crippen molar-refractivity contribution in [1.29, 1.82) is 0 Å². The number of H-pyrrole nitrogens is 1. The third kappa shape index (κ3) is 0.831. The van der Waals surface area contributed by atoms with Crippen LogP contribution in [-0.4, -0.2) is 14.6 Å². The summed E-state index contributed by atoms with van der Waals surface area (Å²) in [6, 6.07) is 1.15. The second kappa shape index (κ2) is 2.31. The first-order chi connectivity index (χ1) is 5.70. The van der Waals surface area contributed by atoms with Crippen LogP contribution in [0.1, 0.15) is 0 Å². The normalized spacial score (nSPS) is 10.8. The summed E-state index contributed by atoms with van der Waals surface area (Å²) in [5.74, 6) is -0.557. The summed E-state index contributed by atoms with van der Waals surface area (Å²) in [6.07, 6.45) is 1.29. The molecule has 2 aromatic heterocycles. The first-order valence-electron chi connectivity index (χ1n) is 3.11. The maximum absolute atomic E-state index is 12.9. The highest BCUT2D eigenvalue weighted by Crippen LogP contribution is 2.15. The molecule has 0 aliphatic rings. The smallest absolute Gasteiger partial charge is 0.262 e. The summed E-state index contributed by atoms with van der Waals surface area (Å²) >= 11 is 5.53. The standard InChI is InChI=1S/C6H3ClFN3O/c7-5-4-3(8)1-2-11(4)6(12)10-9-5/h1-2H,(H,10,12). The fourth-order valence-electron chi connectivity index (χ4n) is 0.979. The van der Waals surface area contributed by atoms with Gasteiger partial charge in [0.05, 0.1) is 0 Å². The van der Waals surface area contributed by atoms with E-state index < -0.39 is 11.5 Å². The molecule has 0 amide bonds. The molecule has 0 unspecified atom stereocenters. The Labute approximate surface area is 70.6 Å². The van der Waals surface area contributed by atoms with Gasteiger partial charge in [0.25, 0.3) is 0 Å². The number of hydrogen-bond donors (Lipinski definition) is 1. The summed E-state index contributed by atoms with van der Waals surface area (Å²) in [5, 5.41) is 5.46. The minimum Gasteiger partial charge on any atom is -0.262 e. The first-order valence-corrected chi connectivity index (χ1v) is 3.48. The molecule has 0 aliphatic heterocycles. The van der Waals surface area contributed by atoms with Crippen molar-refractivity contribution in [3.8, 4) is 0 Å². The number of fused-ring (bicyclic) bond motifs is 1. The molecule has 0 aliphatic carbocycles. The Balaban J connectivity index is 3.09. The minimum absolute atomic E-state index is 0.000386. The molecule has 12 heavy (non-hydrogen) atoms. The molecule has 0 fully saturated rings. The second-order valence-electron chi connectivity index (χ2n) is 2.20. The molecule has 0 aromatic carbocycles. The fraction of sp³-hybridized carbons (Fsp3) is 0. The van der Waals surface area contributed by atoms with Crippen molar-refractivity contribution in [2.24, 2.45) is 0 Å². The maximum Gasteiger partial charge on any atom is 0.346 e. The van der Waals surface area contributed by atoms with Gasteiger partial charge >= 0.3 is 5.69 Å². The third-order valence-corrected chi connectivity index (χ3v) is 1.76. The molecule has 0 radical (unpaired) electrons. The van der Waals surface area contributed by atoms with Gasteiger partial charge in [0.15, 0.2) is 11.0 Å². The van der Waals surface area contributed by atoms with Gasteiger partial charge in [0.2, 0.25) is 0 Å². The molecule has 0 saturated heterocycles. The highest BCUT2D eigenvalue weighted by molar-refractivity contribution is 6.32. The molecule has 1 N–H and O–H groups in total. The van der Waals surface area contributed by atoms with E-state index in [1.807, 2.05) is 0 Å². The van der Waals surface area contributed by atoms with Gasteiger partial charge < -0.3 is 0 Å². The second-order valence-corrected chi connectivity index (χ2v) is 2.56. The van der Waals surface area contributed by atoms with Gasteiger partial charge in [0.1, 0.15) is 5.52 Å². The van der Waals surface area contributed by atoms with E-state index in [2.05, 4.69) is 10.2 Å². The lowest BCUT2D eigenvalue weighted by atomic mass is 10.5. The van der Waals surface area contributed by atoms with Gasteiger partial charge in [-0.1, -0.05) is 11.6 Å². The lowest BCUT2D eigenvalue weighted by Gasteiger charge is -1.93. The molecule has 2 aromatic rings. The van der Waals surface area contributed by atoms with E-state index >= 15 is 0 Å². The SMILES string of the molecule is O=c1[nH]nc(Cl)c2c(F)ccn12. The van der Waals surface area contributed by atoms with Crippen LogP contribution in [0.5, 0.6) is 0 Å². The predicted molar refractivity (Wildman–Crippen MR) is 40.8 cm³/mol. The third-order valence-electron chi connectivity index (χ3n) is 1.50. The average Bonchev–Trinajstić information content (AvgIpc) is 2.42. The van der Waals surface area contributed by atoms with Crippen molar-refractivity contribution in [2.45, 2.75) is 0 Å². The van der Waals surface area contributed by atoms with Crippen LogP contribution in [0.25, 0.3) is 5.52 Å². The quantitative estimate of drug-likeness (QED) is 0.664. The number of nitrogens with one attached hydrogen (secondary N) is 1. The van der Waals surface area contributed by atoms with Crippen LogP contribution >= 0.6 is 11.6 Å². The maximum atomic E-state index is 12.9. The van der Waals surface area contributed by atoms with Crippen LogP contribution in [0.2, 0.25) is 5.15 Å². The van der Waals surface area contributed by atoms with Crippen LogP contribution in [0.4, 0.5) is 4.39 Å². The first kappa shape index (κ1) is 7.30. The largest absolute Gasteiger partial charge is 0.346 e. The average molecular weight is 188 g/mol. The topological polar surface area (TPSA) is 50.2 Å². The fourth-order valence-corrected chi connectivity index (χ4v) is 1.20.